The number of nitrogens with one attached hydrogen (secondary N) is 1. The van der Waals surface area contributed by atoms with E-state index in [1.54, 1.807) is 14.0 Å². The first-order valence-corrected chi connectivity index (χ1v) is 8.35. The van der Waals surface area contributed by atoms with Crippen molar-refractivity contribution in [3.8, 4) is 5.75 Å². The Morgan fingerprint density at radius 1 is 1.25 bits per heavy atom. The number of anilines is 3. The van der Waals surface area contributed by atoms with Gasteiger partial charge in [0.25, 0.3) is 0 Å². The molecule has 0 aliphatic rings. The van der Waals surface area contributed by atoms with Crippen molar-refractivity contribution in [1.82, 2.24) is 0 Å². The molecule has 3 N–H and O–H groups in total. The van der Waals surface area contributed by atoms with Crippen molar-refractivity contribution < 1.29 is 14.3 Å². The van der Waals surface area contributed by atoms with Crippen molar-refractivity contribution in [2.24, 2.45) is 0 Å². The molecule has 0 unspecified atom stereocenters. The van der Waals surface area contributed by atoms with E-state index in [2.05, 4.69) is 5.32 Å². The lowest BCUT2D eigenvalue weighted by Crippen LogP contribution is -2.06. The van der Waals surface area contributed by atoms with Crippen molar-refractivity contribution in [3.63, 3.8) is 0 Å². The Labute approximate surface area is 144 Å². The molecule has 5 nitrogen and oxygen atoms in total. The normalized spacial score (nSPS) is 10.6. The molecule has 24 heavy (non-hydrogen) atoms. The van der Waals surface area contributed by atoms with Gasteiger partial charge in [0.15, 0.2) is 0 Å². The van der Waals surface area contributed by atoms with E-state index in [9.17, 15) is 4.79 Å². The van der Waals surface area contributed by atoms with Crippen molar-refractivity contribution in [2.45, 2.75) is 6.92 Å². The molecule has 0 radical (unpaired) electrons. The van der Waals surface area contributed by atoms with Crippen LogP contribution in [0.15, 0.2) is 42.5 Å². The molecule has 0 saturated heterocycles. The highest BCUT2D eigenvalue weighted by molar-refractivity contribution is 7.23. The van der Waals surface area contributed by atoms with Crippen LogP contribution in [0.25, 0.3) is 10.1 Å². The molecule has 1 heterocycles. The fraction of sp³-hybridized carbons (Fsp3) is 0.167. The van der Waals surface area contributed by atoms with Crippen LogP contribution in [0.2, 0.25) is 0 Å². The maximum Gasteiger partial charge on any atom is 0.341 e. The van der Waals surface area contributed by atoms with Crippen LogP contribution in [0.3, 0.4) is 0 Å². The maximum atomic E-state index is 12.5. The molecule has 3 aromatic rings. The minimum Gasteiger partial charge on any atom is -0.497 e. The molecular weight excluding hydrogens is 324 g/mol. The Kier molecular flexibility index (Phi) is 4.57. The predicted molar refractivity (Wildman–Crippen MR) is 98.5 cm³/mol. The first-order chi connectivity index (χ1) is 11.6. The second kappa shape index (κ2) is 6.80. The zero-order valence-electron chi connectivity index (χ0n) is 13.5. The number of ether oxygens (including phenoxy) is 2. The van der Waals surface area contributed by atoms with Crippen LogP contribution in [0.1, 0.15) is 17.3 Å². The molecule has 0 aliphatic carbocycles. The Balaban J connectivity index is 2.13. The number of nitrogens with two attached hydrogens (primary N) is 1. The van der Waals surface area contributed by atoms with E-state index in [1.165, 1.54) is 11.3 Å². The summed E-state index contributed by atoms with van der Waals surface area (Å²) in [4.78, 5) is 12.5. The standard InChI is InChI=1S/C18H18N2O3S/c1-3-23-18(21)16-12-10-11(22-2)8-9-15(12)24-17(16)20-14-7-5-4-6-13(14)19/h4-10,20H,3,19H2,1-2H3. The number of hydrogen-bond acceptors (Lipinski definition) is 6. The van der Waals surface area contributed by atoms with Gasteiger partial charge in [0.05, 0.1) is 25.1 Å². The van der Waals surface area contributed by atoms with Crippen molar-refractivity contribution in [3.05, 3.63) is 48.0 Å². The van der Waals surface area contributed by atoms with Gasteiger partial charge in [-0.2, -0.15) is 0 Å². The van der Waals surface area contributed by atoms with Crippen molar-refractivity contribution in [2.75, 3.05) is 24.8 Å². The minimum absolute atomic E-state index is 0.313. The fourth-order valence-corrected chi connectivity index (χ4v) is 3.51. The Bertz CT molecular complexity index is 889. The summed E-state index contributed by atoms with van der Waals surface area (Å²) in [5.74, 6) is 0.325. The van der Waals surface area contributed by atoms with Crippen LogP contribution in [-0.4, -0.2) is 19.7 Å². The van der Waals surface area contributed by atoms with Gasteiger partial charge in [-0.1, -0.05) is 12.1 Å². The van der Waals surface area contributed by atoms with Gasteiger partial charge in [-0.15, -0.1) is 11.3 Å². The summed E-state index contributed by atoms with van der Waals surface area (Å²) in [5.41, 5.74) is 7.86. The van der Waals surface area contributed by atoms with Gasteiger partial charge in [-0.05, 0) is 37.3 Å². The van der Waals surface area contributed by atoms with Crippen LogP contribution in [-0.2, 0) is 4.74 Å². The monoisotopic (exact) mass is 342 g/mol. The second-order valence-electron chi connectivity index (χ2n) is 5.10. The van der Waals surface area contributed by atoms with Crippen LogP contribution in [0.4, 0.5) is 16.4 Å². The number of para-hydroxylation sites is 2. The molecule has 0 atom stereocenters. The smallest absolute Gasteiger partial charge is 0.341 e. The summed E-state index contributed by atoms with van der Waals surface area (Å²) in [6.45, 7) is 2.10. The molecule has 0 spiro atoms. The Hall–Kier alpha value is -2.73. The second-order valence-corrected chi connectivity index (χ2v) is 6.15. The number of carbonyl (C=O) groups excluding carboxylic acids is 1. The number of benzene rings is 2. The van der Waals surface area contributed by atoms with E-state index < -0.39 is 0 Å². The summed E-state index contributed by atoms with van der Waals surface area (Å²) in [5, 5.41) is 4.76. The quantitative estimate of drug-likeness (QED) is 0.530. The molecule has 0 fully saturated rings. The van der Waals surface area contributed by atoms with Gasteiger partial charge >= 0.3 is 5.97 Å². The molecule has 1 aromatic heterocycles. The number of carbonyl (C=O) groups is 1. The van der Waals surface area contributed by atoms with Crippen LogP contribution < -0.4 is 15.8 Å². The predicted octanol–water partition coefficient (Wildman–Crippen LogP) is 4.41. The van der Waals surface area contributed by atoms with Gasteiger partial charge < -0.3 is 20.5 Å². The largest absolute Gasteiger partial charge is 0.497 e. The lowest BCUT2D eigenvalue weighted by molar-refractivity contribution is 0.0530. The summed E-state index contributed by atoms with van der Waals surface area (Å²) in [7, 11) is 1.60. The summed E-state index contributed by atoms with van der Waals surface area (Å²) in [6.07, 6.45) is 0. The number of esters is 1. The van der Waals surface area contributed by atoms with Gasteiger partial charge in [0.1, 0.15) is 16.3 Å². The zero-order chi connectivity index (χ0) is 17.1. The molecule has 2 aromatic carbocycles. The topological polar surface area (TPSA) is 73.6 Å². The average Bonchev–Trinajstić information content (AvgIpc) is 2.94. The van der Waals surface area contributed by atoms with Gasteiger partial charge in [-0.25, -0.2) is 4.79 Å². The molecule has 3 rings (SSSR count). The first-order valence-electron chi connectivity index (χ1n) is 7.53. The number of fused-ring (bicyclic) bond motifs is 1. The molecule has 0 saturated carbocycles. The molecular formula is C18H18N2O3S. The van der Waals surface area contributed by atoms with Gasteiger partial charge in [0.2, 0.25) is 0 Å². The summed E-state index contributed by atoms with van der Waals surface area (Å²) < 4.78 is 11.5. The molecule has 124 valence electrons. The SMILES string of the molecule is CCOC(=O)c1c(Nc2ccccc2N)sc2ccc(OC)cc12. The summed E-state index contributed by atoms with van der Waals surface area (Å²) >= 11 is 1.48. The van der Waals surface area contributed by atoms with E-state index in [4.69, 9.17) is 15.2 Å². The van der Waals surface area contributed by atoms with E-state index in [0.29, 0.717) is 28.6 Å². The van der Waals surface area contributed by atoms with Crippen LogP contribution in [0.5, 0.6) is 5.75 Å². The van der Waals surface area contributed by atoms with Crippen LogP contribution >= 0.6 is 11.3 Å². The molecule has 0 bridgehead atoms. The number of methoxy groups -OCH3 is 1. The highest BCUT2D eigenvalue weighted by Crippen LogP contribution is 2.40. The maximum absolute atomic E-state index is 12.5. The minimum atomic E-state index is -0.367. The number of rotatable bonds is 5. The lowest BCUT2D eigenvalue weighted by Gasteiger charge is -2.09. The first kappa shape index (κ1) is 16.1. The van der Waals surface area contributed by atoms with E-state index in [1.807, 2.05) is 42.5 Å². The number of nitrogen functional groups attached to an aromatic ring is 1. The van der Waals surface area contributed by atoms with E-state index in [0.717, 1.165) is 15.8 Å². The Morgan fingerprint density at radius 2 is 2.04 bits per heavy atom. The number of hydrogen-bond donors (Lipinski definition) is 2. The third-order valence-corrected chi connectivity index (χ3v) is 4.67. The molecule has 0 amide bonds. The lowest BCUT2D eigenvalue weighted by atomic mass is 10.1. The fourth-order valence-electron chi connectivity index (χ4n) is 2.43. The van der Waals surface area contributed by atoms with Crippen LogP contribution in [0, 0.1) is 0 Å². The third kappa shape index (κ3) is 3.00. The van der Waals surface area contributed by atoms with E-state index >= 15 is 0 Å². The highest BCUT2D eigenvalue weighted by atomic mass is 32.1. The van der Waals surface area contributed by atoms with Gasteiger partial charge in [-0.3, -0.25) is 0 Å². The van der Waals surface area contributed by atoms with Crippen molar-refractivity contribution in [1.29, 1.82) is 0 Å². The zero-order valence-corrected chi connectivity index (χ0v) is 14.3. The molecule has 6 heteroatoms. The molecule has 0 aliphatic heterocycles. The third-order valence-electron chi connectivity index (χ3n) is 3.58. The summed E-state index contributed by atoms with van der Waals surface area (Å²) in [6, 6.07) is 13.1. The van der Waals surface area contributed by atoms with E-state index in [-0.39, 0.29) is 5.97 Å². The number of thiophene rings is 1. The van der Waals surface area contributed by atoms with Crippen molar-refractivity contribution >= 4 is 43.8 Å². The highest BCUT2D eigenvalue weighted by Gasteiger charge is 2.21. The average molecular weight is 342 g/mol. The van der Waals surface area contributed by atoms with Gasteiger partial charge in [0, 0.05) is 10.1 Å². The Morgan fingerprint density at radius 3 is 2.75 bits per heavy atom.